The molecule has 3 atom stereocenters. The molecule has 0 saturated carbocycles. The van der Waals surface area contributed by atoms with E-state index in [0.29, 0.717) is 18.4 Å². The van der Waals surface area contributed by atoms with Gasteiger partial charge in [-0.15, -0.1) is 12.4 Å². The summed E-state index contributed by atoms with van der Waals surface area (Å²) in [6.45, 7) is 10.3. The van der Waals surface area contributed by atoms with Crippen molar-refractivity contribution in [2.75, 3.05) is 32.7 Å². The van der Waals surface area contributed by atoms with Gasteiger partial charge in [0.2, 0.25) is 11.8 Å². The van der Waals surface area contributed by atoms with Gasteiger partial charge in [-0.2, -0.15) is 0 Å². The Morgan fingerprint density at radius 2 is 1.96 bits per heavy atom. The third kappa shape index (κ3) is 7.50. The fourth-order valence-electron chi connectivity index (χ4n) is 3.41. The van der Waals surface area contributed by atoms with Crippen LogP contribution in [0.4, 0.5) is 0 Å². The maximum atomic E-state index is 12.1. The van der Waals surface area contributed by atoms with E-state index in [0.717, 1.165) is 51.9 Å². The topological polar surface area (TPSA) is 73.5 Å². The second-order valence-electron chi connectivity index (χ2n) is 7.74. The SMILES string of the molecule is CC(C)C(C)NC(=O)CN1CCCC(CNC(=O)C2CCCN2)C1.Cl. The van der Waals surface area contributed by atoms with Gasteiger partial charge in [-0.25, -0.2) is 0 Å². The van der Waals surface area contributed by atoms with Crippen molar-refractivity contribution in [3.05, 3.63) is 0 Å². The molecule has 3 unspecified atom stereocenters. The third-order valence-electron chi connectivity index (χ3n) is 5.30. The van der Waals surface area contributed by atoms with Crippen molar-refractivity contribution >= 4 is 24.2 Å². The molecule has 0 aromatic rings. The minimum Gasteiger partial charge on any atom is -0.354 e. The van der Waals surface area contributed by atoms with Crippen LogP contribution in [-0.4, -0.2) is 61.5 Å². The van der Waals surface area contributed by atoms with E-state index >= 15 is 0 Å². The van der Waals surface area contributed by atoms with E-state index in [9.17, 15) is 9.59 Å². The van der Waals surface area contributed by atoms with Crippen LogP contribution in [0, 0.1) is 11.8 Å². The summed E-state index contributed by atoms with van der Waals surface area (Å²) in [4.78, 5) is 26.4. The second kappa shape index (κ2) is 11.0. The lowest BCUT2D eigenvalue weighted by Crippen LogP contribution is -2.48. The number of hydrogen-bond donors (Lipinski definition) is 3. The van der Waals surface area contributed by atoms with Gasteiger partial charge < -0.3 is 16.0 Å². The van der Waals surface area contributed by atoms with E-state index in [2.05, 4.69) is 34.7 Å². The van der Waals surface area contributed by atoms with Crippen molar-refractivity contribution in [3.8, 4) is 0 Å². The summed E-state index contributed by atoms with van der Waals surface area (Å²) in [5, 5.41) is 9.39. The lowest BCUT2D eigenvalue weighted by Gasteiger charge is -2.33. The standard InChI is InChI=1S/C18H34N4O2.ClH/c1-13(2)14(3)21-17(23)12-22-9-5-6-15(11-22)10-20-18(24)16-7-4-8-19-16;/h13-16,19H,4-12H2,1-3H3,(H,20,24)(H,21,23);1H. The quantitative estimate of drug-likeness (QED) is 0.625. The molecule has 25 heavy (non-hydrogen) atoms. The molecule has 7 heteroatoms. The summed E-state index contributed by atoms with van der Waals surface area (Å²) in [6, 6.07) is 0.198. The lowest BCUT2D eigenvalue weighted by atomic mass is 9.97. The molecule has 0 aromatic heterocycles. The minimum absolute atomic E-state index is 0. The molecular weight excluding hydrogens is 340 g/mol. The summed E-state index contributed by atoms with van der Waals surface area (Å²) in [6.07, 6.45) is 4.24. The molecule has 3 N–H and O–H groups in total. The number of halogens is 1. The molecule has 2 heterocycles. The van der Waals surface area contributed by atoms with Crippen molar-refractivity contribution in [2.24, 2.45) is 11.8 Å². The number of nitrogens with zero attached hydrogens (tertiary/aromatic N) is 1. The minimum atomic E-state index is -0.00649. The molecule has 2 amide bonds. The molecule has 2 aliphatic heterocycles. The van der Waals surface area contributed by atoms with Crippen molar-refractivity contribution in [3.63, 3.8) is 0 Å². The van der Waals surface area contributed by atoms with Crippen molar-refractivity contribution in [1.82, 2.24) is 20.9 Å². The highest BCUT2D eigenvalue weighted by Crippen LogP contribution is 2.16. The number of carbonyl (C=O) groups is 2. The average Bonchev–Trinajstić information content (AvgIpc) is 3.07. The van der Waals surface area contributed by atoms with Crippen LogP contribution in [0.5, 0.6) is 0 Å². The summed E-state index contributed by atoms with van der Waals surface area (Å²) in [5.41, 5.74) is 0. The monoisotopic (exact) mass is 374 g/mol. The number of likely N-dealkylation sites (tertiary alicyclic amines) is 1. The Morgan fingerprint density at radius 3 is 2.60 bits per heavy atom. The first-order valence-corrected chi connectivity index (χ1v) is 9.48. The van der Waals surface area contributed by atoms with Gasteiger partial charge in [-0.1, -0.05) is 13.8 Å². The Balaban J connectivity index is 0.00000312. The van der Waals surface area contributed by atoms with Crippen LogP contribution < -0.4 is 16.0 Å². The molecule has 2 rings (SSSR count). The highest BCUT2D eigenvalue weighted by Gasteiger charge is 2.25. The first kappa shape index (κ1) is 22.2. The van der Waals surface area contributed by atoms with Crippen LogP contribution in [0.1, 0.15) is 46.5 Å². The van der Waals surface area contributed by atoms with E-state index in [-0.39, 0.29) is 36.3 Å². The van der Waals surface area contributed by atoms with Crippen molar-refractivity contribution < 1.29 is 9.59 Å². The molecule has 2 aliphatic rings. The highest BCUT2D eigenvalue weighted by atomic mass is 35.5. The molecule has 0 spiro atoms. The number of piperidine rings is 1. The van der Waals surface area contributed by atoms with Gasteiger partial charge in [0.25, 0.3) is 0 Å². The number of nitrogens with one attached hydrogen (secondary N) is 3. The van der Waals surface area contributed by atoms with Gasteiger partial charge in [-0.05, 0) is 57.5 Å². The van der Waals surface area contributed by atoms with Crippen LogP contribution in [-0.2, 0) is 9.59 Å². The zero-order chi connectivity index (χ0) is 17.5. The van der Waals surface area contributed by atoms with E-state index in [4.69, 9.17) is 0 Å². The van der Waals surface area contributed by atoms with Gasteiger partial charge in [0, 0.05) is 19.1 Å². The Kier molecular flexibility index (Phi) is 9.75. The molecule has 0 radical (unpaired) electrons. The number of carbonyl (C=O) groups excluding carboxylic acids is 2. The Hall–Kier alpha value is -0.850. The Labute approximate surface area is 158 Å². The predicted octanol–water partition coefficient (Wildman–Crippen LogP) is 1.15. The van der Waals surface area contributed by atoms with Crippen LogP contribution in [0.2, 0.25) is 0 Å². The largest absolute Gasteiger partial charge is 0.354 e. The smallest absolute Gasteiger partial charge is 0.237 e. The highest BCUT2D eigenvalue weighted by molar-refractivity contribution is 5.85. The van der Waals surface area contributed by atoms with E-state index < -0.39 is 0 Å². The van der Waals surface area contributed by atoms with Gasteiger partial charge in [-0.3, -0.25) is 14.5 Å². The molecule has 0 aliphatic carbocycles. The zero-order valence-electron chi connectivity index (χ0n) is 15.8. The Bertz CT molecular complexity index is 427. The predicted molar refractivity (Wildman–Crippen MR) is 103 cm³/mol. The molecule has 2 saturated heterocycles. The fourth-order valence-corrected chi connectivity index (χ4v) is 3.41. The van der Waals surface area contributed by atoms with E-state index in [1.165, 1.54) is 0 Å². The fraction of sp³-hybridized carbons (Fsp3) is 0.889. The van der Waals surface area contributed by atoms with Crippen LogP contribution in [0.15, 0.2) is 0 Å². The first-order valence-electron chi connectivity index (χ1n) is 9.48. The summed E-state index contributed by atoms with van der Waals surface area (Å²) in [7, 11) is 0. The molecular formula is C18H35ClN4O2. The zero-order valence-corrected chi connectivity index (χ0v) is 16.7. The average molecular weight is 375 g/mol. The van der Waals surface area contributed by atoms with E-state index in [1.807, 2.05) is 6.92 Å². The number of amides is 2. The van der Waals surface area contributed by atoms with Gasteiger partial charge in [0.1, 0.15) is 0 Å². The number of rotatable bonds is 7. The van der Waals surface area contributed by atoms with E-state index in [1.54, 1.807) is 0 Å². The summed E-state index contributed by atoms with van der Waals surface area (Å²) in [5.74, 6) is 1.13. The van der Waals surface area contributed by atoms with Gasteiger partial charge in [0.15, 0.2) is 0 Å². The lowest BCUT2D eigenvalue weighted by molar-refractivity contribution is -0.124. The molecule has 2 fully saturated rings. The van der Waals surface area contributed by atoms with Crippen LogP contribution in [0.3, 0.4) is 0 Å². The van der Waals surface area contributed by atoms with Gasteiger partial charge in [0.05, 0.1) is 12.6 Å². The second-order valence-corrected chi connectivity index (χ2v) is 7.74. The normalized spacial score (nSPS) is 25.3. The molecule has 0 aromatic carbocycles. The van der Waals surface area contributed by atoms with Crippen LogP contribution in [0.25, 0.3) is 0 Å². The van der Waals surface area contributed by atoms with Crippen molar-refractivity contribution in [2.45, 2.75) is 58.5 Å². The number of hydrogen-bond acceptors (Lipinski definition) is 4. The summed E-state index contributed by atoms with van der Waals surface area (Å²) >= 11 is 0. The first-order chi connectivity index (χ1) is 11.5. The molecule has 6 nitrogen and oxygen atoms in total. The molecule has 0 bridgehead atoms. The van der Waals surface area contributed by atoms with Gasteiger partial charge >= 0.3 is 0 Å². The Morgan fingerprint density at radius 1 is 1.20 bits per heavy atom. The maximum absolute atomic E-state index is 12.1. The third-order valence-corrected chi connectivity index (χ3v) is 5.30. The summed E-state index contributed by atoms with van der Waals surface area (Å²) < 4.78 is 0. The van der Waals surface area contributed by atoms with Crippen molar-refractivity contribution in [1.29, 1.82) is 0 Å². The van der Waals surface area contributed by atoms with Crippen LogP contribution >= 0.6 is 12.4 Å². The maximum Gasteiger partial charge on any atom is 0.237 e. The molecule has 146 valence electrons.